The third kappa shape index (κ3) is 1.42. The molecule has 0 aromatic heterocycles. The van der Waals surface area contributed by atoms with Crippen LogP contribution in [0.3, 0.4) is 0 Å². The molecule has 1 rings (SSSR count). The molecule has 1 nitrogen and oxygen atoms in total. The third-order valence-corrected chi connectivity index (χ3v) is 4.21. The molecule has 1 aliphatic carbocycles. The molecule has 3 heteroatoms. The molecule has 1 saturated carbocycles. The molecule has 1 fully saturated rings. The second-order valence-electron chi connectivity index (χ2n) is 4.29. The minimum atomic E-state index is -1.11. The van der Waals surface area contributed by atoms with E-state index in [2.05, 4.69) is 9.24 Å². The van der Waals surface area contributed by atoms with Crippen molar-refractivity contribution in [3.63, 3.8) is 0 Å². The Balaban J connectivity index is 2.60. The zero-order valence-electron chi connectivity index (χ0n) is 7.86. The Morgan fingerprint density at radius 3 is 2.42 bits per heavy atom. The highest BCUT2D eigenvalue weighted by atomic mass is 31.0. The molecule has 12 heavy (non-hydrogen) atoms. The Bertz CT molecular complexity index is 211. The van der Waals surface area contributed by atoms with E-state index in [9.17, 15) is 9.18 Å². The topological polar surface area (TPSA) is 17.1 Å². The second-order valence-corrected chi connectivity index (χ2v) is 5.49. The fourth-order valence-corrected chi connectivity index (χ4v) is 2.17. The third-order valence-electron chi connectivity index (χ3n) is 3.13. The van der Waals surface area contributed by atoms with Crippen LogP contribution in [0, 0.1) is 5.92 Å². The van der Waals surface area contributed by atoms with Gasteiger partial charge in [-0.25, -0.2) is 4.39 Å². The zero-order valence-corrected chi connectivity index (χ0v) is 9.01. The summed E-state index contributed by atoms with van der Waals surface area (Å²) < 4.78 is 13.6. The monoisotopic (exact) mass is 190 g/mol. The summed E-state index contributed by atoms with van der Waals surface area (Å²) in [5, 5.41) is -0.404. The molecule has 70 valence electrons. The fourth-order valence-electron chi connectivity index (χ4n) is 1.82. The van der Waals surface area contributed by atoms with Gasteiger partial charge < -0.3 is 4.79 Å². The number of carbonyl (C=O) groups excluding carboxylic acids is 1. The molecule has 0 aliphatic heterocycles. The molecule has 4 unspecified atom stereocenters. The molecule has 1 aliphatic rings. The predicted octanol–water partition coefficient (Wildman–Crippen LogP) is 2.35. The molecule has 0 N–H and O–H groups in total. The van der Waals surface area contributed by atoms with Gasteiger partial charge in [-0.15, -0.1) is 9.24 Å². The van der Waals surface area contributed by atoms with Crippen LogP contribution in [-0.4, -0.2) is 16.6 Å². The quantitative estimate of drug-likeness (QED) is 0.611. The Labute approximate surface area is 75.3 Å². The number of hydrogen-bond acceptors (Lipinski definition) is 1. The second kappa shape index (κ2) is 2.77. The average Bonchev–Trinajstić information content (AvgIpc) is 1.85. The number of alkyl halides is 1. The maximum atomic E-state index is 13.6. The van der Waals surface area contributed by atoms with E-state index in [1.165, 1.54) is 0 Å². The maximum absolute atomic E-state index is 13.6. The van der Waals surface area contributed by atoms with E-state index < -0.39 is 10.8 Å². The van der Waals surface area contributed by atoms with Crippen molar-refractivity contribution in [3.8, 4) is 0 Å². The largest absolute Gasteiger partial charge is 0.300 e. The van der Waals surface area contributed by atoms with Gasteiger partial charge in [0.15, 0.2) is 0 Å². The van der Waals surface area contributed by atoms with Gasteiger partial charge in [0.25, 0.3) is 0 Å². The van der Waals surface area contributed by atoms with Crippen molar-refractivity contribution >= 4 is 15.0 Å². The van der Waals surface area contributed by atoms with Crippen LogP contribution in [0.5, 0.6) is 0 Å². The Morgan fingerprint density at radius 1 is 1.67 bits per heavy atom. The summed E-state index contributed by atoms with van der Waals surface area (Å²) in [4.78, 5) is 10.8. The van der Waals surface area contributed by atoms with E-state index in [0.29, 0.717) is 12.8 Å². The van der Waals surface area contributed by atoms with Gasteiger partial charge in [-0.1, -0.05) is 6.92 Å². The number of carbonyl (C=O) groups is 1. The van der Waals surface area contributed by atoms with Gasteiger partial charge in [0.1, 0.15) is 11.5 Å². The van der Waals surface area contributed by atoms with Crippen LogP contribution in [0.1, 0.15) is 33.6 Å². The van der Waals surface area contributed by atoms with Crippen LogP contribution in [0.25, 0.3) is 0 Å². The Kier molecular flexibility index (Phi) is 2.33. The molecule has 0 radical (unpaired) electrons. The number of Topliss-reactive ketones (excluding diaryl/α,β-unsaturated/α-hetero) is 1. The minimum Gasteiger partial charge on any atom is -0.300 e. The van der Waals surface area contributed by atoms with Crippen LogP contribution >= 0.6 is 9.24 Å². The van der Waals surface area contributed by atoms with Crippen LogP contribution in [0.2, 0.25) is 0 Å². The summed E-state index contributed by atoms with van der Waals surface area (Å²) in [5.41, 5.74) is -1.11. The molecule has 0 amide bonds. The van der Waals surface area contributed by atoms with Crippen molar-refractivity contribution in [2.24, 2.45) is 5.92 Å². The first-order chi connectivity index (χ1) is 5.27. The molecular formula is C9H16FOP. The maximum Gasteiger partial charge on any atom is 0.130 e. The van der Waals surface area contributed by atoms with Crippen molar-refractivity contribution in [1.29, 1.82) is 0 Å². The lowest BCUT2D eigenvalue weighted by atomic mass is 9.61. The predicted molar refractivity (Wildman–Crippen MR) is 51.0 cm³/mol. The smallest absolute Gasteiger partial charge is 0.130 e. The highest BCUT2D eigenvalue weighted by molar-refractivity contribution is 7.19. The lowest BCUT2D eigenvalue weighted by molar-refractivity contribution is -0.121. The van der Waals surface area contributed by atoms with Gasteiger partial charge in [-0.05, 0) is 26.2 Å². The first-order valence-corrected chi connectivity index (χ1v) is 4.82. The van der Waals surface area contributed by atoms with E-state index in [1.54, 1.807) is 13.8 Å². The molecule has 0 spiro atoms. The fraction of sp³-hybridized carbons (Fsp3) is 0.889. The van der Waals surface area contributed by atoms with Crippen molar-refractivity contribution in [2.75, 3.05) is 0 Å². The zero-order chi connectivity index (χ0) is 9.57. The number of hydrogen-bond donors (Lipinski definition) is 0. The van der Waals surface area contributed by atoms with Crippen LogP contribution in [0.4, 0.5) is 4.39 Å². The number of ketones is 1. The highest BCUT2D eigenvalue weighted by Gasteiger charge is 2.58. The SMILES string of the molecule is CC(=O)CC1CC(C)(F)C1(C)P. The van der Waals surface area contributed by atoms with E-state index in [-0.39, 0.29) is 11.7 Å². The first-order valence-electron chi connectivity index (χ1n) is 4.24. The molecule has 0 bridgehead atoms. The summed E-state index contributed by atoms with van der Waals surface area (Å²) in [5.74, 6) is 0.360. The summed E-state index contributed by atoms with van der Waals surface area (Å²) in [7, 11) is 2.55. The molecular weight excluding hydrogens is 174 g/mol. The highest BCUT2D eigenvalue weighted by Crippen LogP contribution is 2.56. The van der Waals surface area contributed by atoms with Gasteiger partial charge in [0.05, 0.1) is 0 Å². The van der Waals surface area contributed by atoms with Crippen molar-refractivity contribution < 1.29 is 9.18 Å². The van der Waals surface area contributed by atoms with Crippen LogP contribution < -0.4 is 0 Å². The lowest BCUT2D eigenvalue weighted by Gasteiger charge is -2.54. The molecule has 0 aromatic rings. The van der Waals surface area contributed by atoms with Crippen LogP contribution in [-0.2, 0) is 4.79 Å². The van der Waals surface area contributed by atoms with Crippen molar-refractivity contribution in [1.82, 2.24) is 0 Å². The standard InChI is InChI=1S/C9H16FOP/c1-6(11)4-7-5-8(2,10)9(7,3)12/h7H,4-5,12H2,1-3H3. The number of halogens is 1. The normalized spacial score (nSPS) is 46.9. The van der Waals surface area contributed by atoms with E-state index in [4.69, 9.17) is 0 Å². The summed E-state index contributed by atoms with van der Waals surface area (Å²) >= 11 is 0. The van der Waals surface area contributed by atoms with Crippen molar-refractivity contribution in [3.05, 3.63) is 0 Å². The van der Waals surface area contributed by atoms with Gasteiger partial charge in [0.2, 0.25) is 0 Å². The summed E-state index contributed by atoms with van der Waals surface area (Å²) in [6.07, 6.45) is 1.03. The van der Waals surface area contributed by atoms with Gasteiger partial charge in [-0.3, -0.25) is 0 Å². The van der Waals surface area contributed by atoms with E-state index in [0.717, 1.165) is 0 Å². The molecule has 0 heterocycles. The lowest BCUT2D eigenvalue weighted by Crippen LogP contribution is -2.59. The Morgan fingerprint density at radius 2 is 2.17 bits per heavy atom. The summed E-state index contributed by atoms with van der Waals surface area (Å²) in [6, 6.07) is 0. The van der Waals surface area contributed by atoms with Gasteiger partial charge in [0, 0.05) is 11.6 Å². The first kappa shape index (κ1) is 10.1. The van der Waals surface area contributed by atoms with Crippen LogP contribution in [0.15, 0.2) is 0 Å². The minimum absolute atomic E-state index is 0.157. The molecule has 0 aromatic carbocycles. The molecule has 0 saturated heterocycles. The Hall–Kier alpha value is 0.0300. The number of rotatable bonds is 2. The van der Waals surface area contributed by atoms with E-state index >= 15 is 0 Å². The van der Waals surface area contributed by atoms with E-state index in [1.807, 2.05) is 6.92 Å². The van der Waals surface area contributed by atoms with Crippen molar-refractivity contribution in [2.45, 2.75) is 44.4 Å². The van der Waals surface area contributed by atoms with Gasteiger partial charge in [-0.2, -0.15) is 0 Å². The summed E-state index contributed by atoms with van der Waals surface area (Å²) in [6.45, 7) is 5.04. The average molecular weight is 190 g/mol. The van der Waals surface area contributed by atoms with Gasteiger partial charge >= 0.3 is 0 Å². The molecule has 4 atom stereocenters.